The van der Waals surface area contributed by atoms with Gasteiger partial charge in [0.2, 0.25) is 17.7 Å². The van der Waals surface area contributed by atoms with Gasteiger partial charge >= 0.3 is 0 Å². The zero-order chi connectivity index (χ0) is 66.3. The summed E-state index contributed by atoms with van der Waals surface area (Å²) in [5, 5.41) is 36.3. The molecule has 4 N–H and O–H groups in total. The first-order valence-corrected chi connectivity index (χ1v) is 36.2. The Morgan fingerprint density at radius 3 is 2.33 bits per heavy atom. The van der Waals surface area contributed by atoms with Gasteiger partial charge in [0.1, 0.15) is 23.6 Å². The number of thiazole rings is 2. The smallest absolute Gasteiger partial charge is 0.273 e. The van der Waals surface area contributed by atoms with Crippen LogP contribution < -0.4 is 20.9 Å². The van der Waals surface area contributed by atoms with E-state index in [4.69, 9.17) is 30.0 Å². The molecule has 4 saturated carbocycles. The molecule has 7 fully saturated rings. The number of hydrogen-bond acceptors (Lipinski definition) is 17. The molecule has 2 aromatic carbocycles. The van der Waals surface area contributed by atoms with Crippen molar-refractivity contribution in [3.8, 4) is 21.6 Å². The largest absolute Gasteiger partial charge is 0.391 e. The number of aliphatic hydroxyl groups excluding tert-OH is 1. The van der Waals surface area contributed by atoms with Crippen molar-refractivity contribution in [1.29, 1.82) is 0 Å². The first-order chi connectivity index (χ1) is 45.4. The number of piperidine rings is 1. The normalized spacial score (nSPS) is 26.5. The summed E-state index contributed by atoms with van der Waals surface area (Å²) in [5.41, 5.74) is 9.74. The molecule has 3 saturated heterocycles. The average molecular weight is 1330 g/mol. The zero-order valence-electron chi connectivity index (χ0n) is 56.6. The van der Waals surface area contributed by atoms with E-state index >= 15 is 4.79 Å². The molecule has 0 spiro atoms. The van der Waals surface area contributed by atoms with Gasteiger partial charge in [0.15, 0.2) is 16.8 Å². The number of amides is 4. The maximum absolute atomic E-state index is 15.8. The molecule has 0 radical (unpaired) electrons. The van der Waals surface area contributed by atoms with Gasteiger partial charge in [0.25, 0.3) is 5.91 Å². The van der Waals surface area contributed by atoms with Crippen molar-refractivity contribution in [2.24, 2.45) is 27.6 Å². The highest BCUT2D eigenvalue weighted by Gasteiger charge is 2.66. The number of carbonyl (C=O) groups excluding carboxylic acids is 4. The molecule has 7 aromatic rings. The predicted molar refractivity (Wildman–Crippen MR) is 371 cm³/mol. The number of aryl methyl sites for hydroxylation is 1. The molecule has 502 valence electrons. The van der Waals surface area contributed by atoms with Crippen LogP contribution in [0.15, 0.2) is 72.4 Å². The van der Waals surface area contributed by atoms with Crippen LogP contribution in [0, 0.1) is 48.3 Å². The van der Waals surface area contributed by atoms with Crippen LogP contribution in [-0.4, -0.2) is 155 Å². The van der Waals surface area contributed by atoms with Crippen molar-refractivity contribution in [3.05, 3.63) is 106 Å². The Bertz CT molecular complexity index is 4020. The number of likely N-dealkylation sites (tertiary alicyclic amines) is 3. The fraction of sp³-hybridized carbons (Fsp3) is 0.562. The average Bonchev–Trinajstić information content (AvgIpc) is 1.13. The molecule has 4 amide bonds. The Morgan fingerprint density at radius 1 is 0.821 bits per heavy atom. The minimum absolute atomic E-state index is 0.00742. The van der Waals surface area contributed by atoms with E-state index in [1.807, 2.05) is 101 Å². The number of pyridine rings is 1. The van der Waals surface area contributed by atoms with Crippen LogP contribution in [0.2, 0.25) is 0 Å². The summed E-state index contributed by atoms with van der Waals surface area (Å²) in [5.74, 6) is -0.256. The number of aromatic nitrogens is 7. The van der Waals surface area contributed by atoms with Crippen LogP contribution in [0.5, 0.6) is 0 Å². The fourth-order valence-corrected chi connectivity index (χ4v) is 20.1. The number of nitrogens with zero attached hydrogens (tertiary/aromatic N) is 11. The number of ether oxygens (including phenoxy) is 1. The van der Waals surface area contributed by atoms with E-state index < -0.39 is 35.4 Å². The Morgan fingerprint density at radius 2 is 1.59 bits per heavy atom. The van der Waals surface area contributed by atoms with E-state index in [0.717, 1.165) is 137 Å². The summed E-state index contributed by atoms with van der Waals surface area (Å²) in [6, 6.07) is 17.7. The number of hydrogen-bond donors (Lipinski definition) is 4. The zero-order valence-corrected chi connectivity index (χ0v) is 58.2. The number of rotatable bonds is 18. The summed E-state index contributed by atoms with van der Waals surface area (Å²) >= 11 is 3.15. The molecule has 22 heteroatoms. The minimum atomic E-state index is -1.05. The number of nitrogens with one attached hydrogen (secondary N) is 3. The highest BCUT2D eigenvalue weighted by atomic mass is 32.1. The topological polar surface area (TPSA) is 229 Å². The minimum Gasteiger partial charge on any atom is -0.391 e. The van der Waals surface area contributed by atoms with Gasteiger partial charge < -0.3 is 45.4 Å². The molecule has 7 atom stereocenters. The standard InChI is InChI=1S/C73H92N14O6S2/c1-44-52-17-15-29-85(63(52)82-81-62(44)80-68-77-55-18-10-11-19-57(55)95-68)58-25-24-53(54-33-75-87(47(54)4)42-72-37-70(8)36-71(9,38-72)40-73(39-70,41-72)93-31-30-83-26-12-13-27-83)59(78-58)66(91)84-28-14-16-50(34-84)64(89)79-61(69(5,6)7)67(92)86-35-51(88)32-56(86)65(90)76-45(2)48-20-22-49(23-21-48)60-46(3)74-43-94-60/h10-11,18-25,33,43,45,50-51,56,61,88H,12-17,26-32,34-42H2,1-9H3,(H,76,90)(H,79,89)(H,77,80,81)/t45-,50+,51+,56-,61?,70?,71?,72?,73?/m0/s1. The second-order valence-electron chi connectivity index (χ2n) is 30.9. The Kier molecular flexibility index (Phi) is 17.3. The number of β-amino-alcohol motifs (C(OH)–C–C–N with tert-alkyl or cyclic N) is 1. The van der Waals surface area contributed by atoms with E-state index in [9.17, 15) is 19.5 Å². The van der Waals surface area contributed by atoms with Gasteiger partial charge in [-0.2, -0.15) is 5.10 Å². The third-order valence-corrected chi connectivity index (χ3v) is 23.9. The van der Waals surface area contributed by atoms with Gasteiger partial charge in [-0.05, 0) is 175 Å². The number of carbonyl (C=O) groups is 4. The Hall–Kier alpha value is -7.24. The molecular weight excluding hydrogens is 1230 g/mol. The Balaban J connectivity index is 0.726. The molecule has 4 aliphatic carbocycles. The van der Waals surface area contributed by atoms with Crippen molar-refractivity contribution in [3.63, 3.8) is 0 Å². The SMILES string of the molecule is Cc1ncsc1-c1ccc([C@H](C)NC(=O)[C@@H]2C[C@@H](O)CN2C(=O)C(NC(=O)[C@@H]2CCCN(C(=O)c3nc(N4CCCc5c4nnc(Nc4nc6ccccc6s4)c5C)ccc3-c3cnn(CC45CC6(C)CC(C)(C4)CC(OCCN4CCCC4)(C6)C5)c3C)C2)C(C)(C)C)cc1. The molecule has 95 heavy (non-hydrogen) atoms. The number of para-hydroxylation sites is 1. The van der Waals surface area contributed by atoms with E-state index in [1.54, 1.807) is 27.6 Å². The quantitative estimate of drug-likeness (QED) is 0.0626. The highest BCUT2D eigenvalue weighted by molar-refractivity contribution is 7.22. The van der Waals surface area contributed by atoms with Gasteiger partial charge in [-0.25, -0.2) is 15.0 Å². The predicted octanol–water partition coefficient (Wildman–Crippen LogP) is 11.7. The molecule has 4 bridgehead atoms. The number of benzene rings is 2. The van der Waals surface area contributed by atoms with E-state index in [1.165, 1.54) is 24.2 Å². The fourth-order valence-electron chi connectivity index (χ4n) is 18.5. The lowest BCUT2D eigenvalue weighted by molar-refractivity contribution is -0.248. The third kappa shape index (κ3) is 12.9. The molecule has 3 unspecified atom stereocenters. The molecule has 4 aliphatic heterocycles. The van der Waals surface area contributed by atoms with E-state index in [-0.39, 0.29) is 70.8 Å². The third-order valence-electron chi connectivity index (χ3n) is 21.9. The van der Waals surface area contributed by atoms with Gasteiger partial charge in [-0.1, -0.05) is 82.4 Å². The first-order valence-electron chi connectivity index (χ1n) is 34.5. The Labute approximate surface area is 565 Å². The van der Waals surface area contributed by atoms with Crippen LogP contribution in [0.3, 0.4) is 0 Å². The number of fused-ring (bicyclic) bond motifs is 2. The summed E-state index contributed by atoms with van der Waals surface area (Å²) in [6.45, 7) is 24.6. The van der Waals surface area contributed by atoms with Crippen molar-refractivity contribution in [1.82, 2.24) is 60.3 Å². The van der Waals surface area contributed by atoms with Crippen LogP contribution in [0.25, 0.3) is 31.8 Å². The van der Waals surface area contributed by atoms with Gasteiger partial charge in [-0.15, -0.1) is 21.5 Å². The molecular formula is C73H92N14O6S2. The van der Waals surface area contributed by atoms with Crippen LogP contribution in [0.4, 0.5) is 22.6 Å². The van der Waals surface area contributed by atoms with Crippen LogP contribution in [0.1, 0.15) is 163 Å². The van der Waals surface area contributed by atoms with Crippen LogP contribution in [-0.2, 0) is 32.1 Å². The molecule has 9 heterocycles. The van der Waals surface area contributed by atoms with Crippen molar-refractivity contribution >= 4 is 79.1 Å². The van der Waals surface area contributed by atoms with E-state index in [0.29, 0.717) is 48.9 Å². The lowest BCUT2D eigenvalue weighted by Crippen LogP contribution is -2.64. The number of aliphatic hydroxyl groups is 1. The second kappa shape index (κ2) is 25.3. The summed E-state index contributed by atoms with van der Waals surface area (Å²) in [4.78, 5) is 83.3. The van der Waals surface area contributed by atoms with E-state index in [2.05, 4.69) is 69.2 Å². The summed E-state index contributed by atoms with van der Waals surface area (Å²) in [7, 11) is 0. The maximum Gasteiger partial charge on any atom is 0.273 e. The molecule has 20 nitrogen and oxygen atoms in total. The lowest BCUT2D eigenvalue weighted by Gasteiger charge is -2.69. The summed E-state index contributed by atoms with van der Waals surface area (Å²) in [6.07, 6.45) is 12.9. The van der Waals surface area contributed by atoms with Crippen LogP contribution >= 0.6 is 22.7 Å². The molecule has 15 rings (SSSR count). The number of anilines is 4. The van der Waals surface area contributed by atoms with Crippen molar-refractivity contribution in [2.45, 2.75) is 182 Å². The van der Waals surface area contributed by atoms with Crippen molar-refractivity contribution in [2.75, 3.05) is 62.6 Å². The highest BCUT2D eigenvalue weighted by Crippen LogP contribution is 2.72. The van der Waals surface area contributed by atoms with Gasteiger partial charge in [-0.3, -0.25) is 23.9 Å². The first kappa shape index (κ1) is 65.1. The van der Waals surface area contributed by atoms with Gasteiger partial charge in [0.05, 0.1) is 62.8 Å². The monoisotopic (exact) mass is 1320 g/mol. The molecule has 8 aliphatic rings. The molecule has 5 aromatic heterocycles. The second-order valence-corrected chi connectivity index (χ2v) is 32.8. The maximum atomic E-state index is 15.8. The van der Waals surface area contributed by atoms with Crippen molar-refractivity contribution < 1.29 is 29.0 Å². The van der Waals surface area contributed by atoms with Gasteiger partial charge in [0, 0.05) is 73.6 Å². The lowest BCUT2D eigenvalue weighted by atomic mass is 9.39. The summed E-state index contributed by atoms with van der Waals surface area (Å²) < 4.78 is 10.4.